The second-order valence-corrected chi connectivity index (χ2v) is 5.65. The van der Waals surface area contributed by atoms with Crippen molar-refractivity contribution in [1.82, 2.24) is 5.32 Å². The molecule has 0 atom stereocenters. The van der Waals surface area contributed by atoms with Gasteiger partial charge in [-0.1, -0.05) is 11.6 Å². The highest BCUT2D eigenvalue weighted by Gasteiger charge is 2.21. The molecule has 2 nitrogen and oxygen atoms in total. The minimum atomic E-state index is -0.433. The number of nitrogens with one attached hydrogen (secondary N) is 1. The highest BCUT2D eigenvalue weighted by atomic mass is 79.9. The molecule has 0 aliphatic rings. The number of carbonyl (C=O) groups excluding carboxylic acids is 1. The molecule has 1 N–H and O–H groups in total. The summed E-state index contributed by atoms with van der Waals surface area (Å²) in [5.74, 6) is 0.179. The van der Waals surface area contributed by atoms with Crippen LogP contribution in [-0.4, -0.2) is 17.3 Å². The van der Waals surface area contributed by atoms with E-state index < -0.39 is 5.54 Å². The third-order valence-corrected chi connectivity index (χ3v) is 3.52. The molecule has 0 aromatic heterocycles. The van der Waals surface area contributed by atoms with Crippen molar-refractivity contribution < 1.29 is 4.79 Å². The zero-order valence-corrected chi connectivity index (χ0v) is 12.1. The fraction of sp³-hybridized carbons (Fsp3) is 0.364. The molecule has 88 valence electrons. The number of halogens is 3. The highest BCUT2D eigenvalue weighted by Crippen LogP contribution is 2.22. The summed E-state index contributed by atoms with van der Waals surface area (Å²) in [5, 5.41) is 3.42. The average molecular weight is 325 g/mol. The minimum Gasteiger partial charge on any atom is -0.346 e. The molecule has 0 heterocycles. The van der Waals surface area contributed by atoms with Crippen molar-refractivity contribution in [1.29, 1.82) is 0 Å². The first-order chi connectivity index (χ1) is 7.35. The maximum absolute atomic E-state index is 11.9. The molecule has 16 heavy (non-hydrogen) atoms. The van der Waals surface area contributed by atoms with Crippen LogP contribution in [0.15, 0.2) is 22.7 Å². The molecule has 0 unspecified atom stereocenters. The third-order valence-electron chi connectivity index (χ3n) is 1.96. The van der Waals surface area contributed by atoms with Crippen LogP contribution in [0, 0.1) is 0 Å². The van der Waals surface area contributed by atoms with Gasteiger partial charge in [0.25, 0.3) is 5.91 Å². The lowest BCUT2D eigenvalue weighted by Crippen LogP contribution is -2.45. The van der Waals surface area contributed by atoms with Gasteiger partial charge in [0.05, 0.1) is 5.56 Å². The summed E-state index contributed by atoms with van der Waals surface area (Å²) in [6, 6.07) is 5.03. The Morgan fingerprint density at radius 1 is 1.50 bits per heavy atom. The molecule has 1 aromatic rings. The van der Waals surface area contributed by atoms with Crippen molar-refractivity contribution in [3.05, 3.63) is 33.3 Å². The van der Waals surface area contributed by atoms with Crippen molar-refractivity contribution in [3.63, 3.8) is 0 Å². The van der Waals surface area contributed by atoms with Gasteiger partial charge in [0.15, 0.2) is 0 Å². The summed E-state index contributed by atoms with van der Waals surface area (Å²) >= 11 is 14.8. The first kappa shape index (κ1) is 13.8. The van der Waals surface area contributed by atoms with E-state index in [2.05, 4.69) is 21.2 Å². The summed E-state index contributed by atoms with van der Waals surface area (Å²) in [6.07, 6.45) is 0. The minimum absolute atomic E-state index is 0.172. The predicted octanol–water partition coefficient (Wildman–Crippen LogP) is 3.85. The van der Waals surface area contributed by atoms with E-state index in [0.717, 1.165) is 0 Å². The quantitative estimate of drug-likeness (QED) is 0.841. The van der Waals surface area contributed by atoms with Gasteiger partial charge < -0.3 is 5.32 Å². The average Bonchev–Trinajstić information content (AvgIpc) is 2.16. The van der Waals surface area contributed by atoms with Crippen molar-refractivity contribution in [2.45, 2.75) is 19.4 Å². The SMILES string of the molecule is CC(C)(CCl)NC(=O)c1ccc(Cl)cc1Br. The van der Waals surface area contributed by atoms with Gasteiger partial charge in [0.1, 0.15) is 0 Å². The van der Waals surface area contributed by atoms with Gasteiger partial charge in [-0.05, 0) is 48.0 Å². The lowest BCUT2D eigenvalue weighted by atomic mass is 10.1. The molecular formula is C11H12BrCl2NO. The van der Waals surface area contributed by atoms with Gasteiger partial charge in [0.2, 0.25) is 0 Å². The van der Waals surface area contributed by atoms with Crippen LogP contribution in [0.4, 0.5) is 0 Å². The van der Waals surface area contributed by atoms with E-state index in [1.807, 2.05) is 13.8 Å². The van der Waals surface area contributed by atoms with E-state index >= 15 is 0 Å². The fourth-order valence-corrected chi connectivity index (χ4v) is 2.01. The number of rotatable bonds is 3. The Morgan fingerprint density at radius 2 is 2.12 bits per heavy atom. The first-order valence-corrected chi connectivity index (χ1v) is 6.40. The standard InChI is InChI=1S/C11H12BrCl2NO/c1-11(2,6-13)15-10(16)8-4-3-7(14)5-9(8)12/h3-5H,6H2,1-2H3,(H,15,16). The van der Waals surface area contributed by atoms with Crippen LogP contribution in [-0.2, 0) is 0 Å². The molecule has 0 spiro atoms. The third kappa shape index (κ3) is 3.65. The summed E-state index contributed by atoms with van der Waals surface area (Å²) < 4.78 is 0.669. The Kier molecular flexibility index (Phi) is 4.65. The molecule has 0 saturated carbocycles. The number of carbonyl (C=O) groups is 1. The summed E-state index contributed by atoms with van der Waals surface area (Å²) in [4.78, 5) is 11.9. The molecule has 1 amide bonds. The van der Waals surface area contributed by atoms with Crippen LogP contribution in [0.1, 0.15) is 24.2 Å². The number of amides is 1. The number of alkyl halides is 1. The van der Waals surface area contributed by atoms with E-state index in [9.17, 15) is 4.79 Å². The van der Waals surface area contributed by atoms with Crippen LogP contribution in [0.3, 0.4) is 0 Å². The molecule has 0 bridgehead atoms. The molecule has 5 heteroatoms. The second kappa shape index (κ2) is 5.39. The lowest BCUT2D eigenvalue weighted by molar-refractivity contribution is 0.0919. The lowest BCUT2D eigenvalue weighted by Gasteiger charge is -2.23. The topological polar surface area (TPSA) is 29.1 Å². The second-order valence-electron chi connectivity index (χ2n) is 4.10. The Morgan fingerprint density at radius 3 is 2.62 bits per heavy atom. The molecule has 1 aromatic carbocycles. The van der Waals surface area contributed by atoms with Gasteiger partial charge in [-0.25, -0.2) is 0 Å². The number of hydrogen-bond acceptors (Lipinski definition) is 1. The van der Waals surface area contributed by atoms with Gasteiger partial charge >= 0.3 is 0 Å². The van der Waals surface area contributed by atoms with Crippen molar-refractivity contribution in [3.8, 4) is 0 Å². The monoisotopic (exact) mass is 323 g/mol. The smallest absolute Gasteiger partial charge is 0.252 e. The van der Waals surface area contributed by atoms with Gasteiger partial charge in [0, 0.05) is 20.9 Å². The van der Waals surface area contributed by atoms with Crippen LogP contribution in [0.5, 0.6) is 0 Å². The molecule has 1 rings (SSSR count). The van der Waals surface area contributed by atoms with Crippen molar-refractivity contribution in [2.24, 2.45) is 0 Å². The molecule has 0 aliphatic heterocycles. The number of benzene rings is 1. The molecular weight excluding hydrogens is 313 g/mol. The zero-order valence-electron chi connectivity index (χ0n) is 8.98. The van der Waals surface area contributed by atoms with Gasteiger partial charge in [-0.2, -0.15) is 0 Å². The largest absolute Gasteiger partial charge is 0.346 e. The van der Waals surface area contributed by atoms with Crippen LogP contribution in [0.25, 0.3) is 0 Å². The van der Waals surface area contributed by atoms with E-state index in [1.165, 1.54) is 0 Å². The summed E-state index contributed by atoms with van der Waals surface area (Å²) in [5.41, 5.74) is 0.111. The fourth-order valence-electron chi connectivity index (χ4n) is 1.08. The Balaban J connectivity index is 2.89. The van der Waals surface area contributed by atoms with E-state index in [4.69, 9.17) is 23.2 Å². The van der Waals surface area contributed by atoms with Crippen molar-refractivity contribution in [2.75, 3.05) is 5.88 Å². The van der Waals surface area contributed by atoms with E-state index in [-0.39, 0.29) is 5.91 Å². The number of hydrogen-bond donors (Lipinski definition) is 1. The molecule has 0 radical (unpaired) electrons. The van der Waals surface area contributed by atoms with Crippen LogP contribution in [0.2, 0.25) is 5.02 Å². The van der Waals surface area contributed by atoms with E-state index in [0.29, 0.717) is 20.9 Å². The maximum atomic E-state index is 11.9. The van der Waals surface area contributed by atoms with Crippen LogP contribution < -0.4 is 5.32 Å². The Bertz CT molecular complexity index is 407. The Labute approximate surface area is 113 Å². The summed E-state index contributed by atoms with van der Waals surface area (Å²) in [7, 11) is 0. The predicted molar refractivity (Wildman–Crippen MR) is 71.4 cm³/mol. The van der Waals surface area contributed by atoms with Gasteiger partial charge in [-0.3, -0.25) is 4.79 Å². The van der Waals surface area contributed by atoms with Crippen molar-refractivity contribution >= 4 is 45.0 Å². The summed E-state index contributed by atoms with van der Waals surface area (Å²) in [6.45, 7) is 3.73. The molecule has 0 saturated heterocycles. The van der Waals surface area contributed by atoms with Crippen LogP contribution >= 0.6 is 39.1 Å². The highest BCUT2D eigenvalue weighted by molar-refractivity contribution is 9.10. The maximum Gasteiger partial charge on any atom is 0.252 e. The molecule has 0 aliphatic carbocycles. The van der Waals surface area contributed by atoms with Gasteiger partial charge in [-0.15, -0.1) is 11.6 Å². The Hall–Kier alpha value is -0.250. The normalized spacial score (nSPS) is 11.3. The first-order valence-electron chi connectivity index (χ1n) is 4.69. The molecule has 0 fully saturated rings. The van der Waals surface area contributed by atoms with E-state index in [1.54, 1.807) is 18.2 Å². The zero-order chi connectivity index (χ0) is 12.3.